The predicted molar refractivity (Wildman–Crippen MR) is 63.0 cm³/mol. The highest BCUT2D eigenvalue weighted by molar-refractivity contribution is 7.15. The third kappa shape index (κ3) is 2.21. The maximum absolute atomic E-state index is 11.8. The minimum absolute atomic E-state index is 0.324. The van der Waals surface area contributed by atoms with Gasteiger partial charge in [-0.3, -0.25) is 0 Å². The molecule has 6 heteroatoms. The summed E-state index contributed by atoms with van der Waals surface area (Å²) in [6, 6.07) is 0. The van der Waals surface area contributed by atoms with E-state index in [0.29, 0.717) is 23.6 Å². The molecule has 5 nitrogen and oxygen atoms in total. The number of hydrogen-bond donors (Lipinski definition) is 0. The number of aryl methyl sites for hydroxylation is 2. The zero-order valence-corrected chi connectivity index (χ0v) is 10.6. The van der Waals surface area contributed by atoms with Crippen LogP contribution in [-0.2, 0) is 4.74 Å². The van der Waals surface area contributed by atoms with Crippen LogP contribution in [0.25, 0.3) is 10.6 Å². The van der Waals surface area contributed by atoms with Gasteiger partial charge in [-0.15, -0.1) is 11.3 Å². The van der Waals surface area contributed by atoms with E-state index in [0.717, 1.165) is 9.88 Å². The largest absolute Gasteiger partial charge is 0.462 e. The van der Waals surface area contributed by atoms with Crippen LogP contribution in [0.1, 0.15) is 28.0 Å². The molecule has 0 saturated heterocycles. The maximum atomic E-state index is 11.8. The molecule has 17 heavy (non-hydrogen) atoms. The first-order chi connectivity index (χ1) is 8.13. The van der Waals surface area contributed by atoms with Crippen LogP contribution in [-0.4, -0.2) is 22.7 Å². The molecule has 0 aliphatic heterocycles. The normalized spacial score (nSPS) is 10.5. The van der Waals surface area contributed by atoms with Crippen LogP contribution in [0.15, 0.2) is 10.7 Å². The van der Waals surface area contributed by atoms with Crippen molar-refractivity contribution >= 4 is 17.3 Å². The second-order valence-corrected chi connectivity index (χ2v) is 4.66. The van der Waals surface area contributed by atoms with E-state index < -0.39 is 5.97 Å². The number of ether oxygens (including phenoxy) is 1. The fraction of sp³-hybridized carbons (Fsp3) is 0.364. The third-order valence-corrected chi connectivity index (χ3v) is 3.12. The van der Waals surface area contributed by atoms with Crippen LogP contribution in [0, 0.1) is 13.8 Å². The maximum Gasteiger partial charge on any atom is 0.344 e. The first-order valence-electron chi connectivity index (χ1n) is 5.19. The number of thiazole rings is 1. The molecule has 0 amide bonds. The van der Waals surface area contributed by atoms with Gasteiger partial charge >= 0.3 is 5.97 Å². The van der Waals surface area contributed by atoms with Crippen molar-refractivity contribution in [1.29, 1.82) is 0 Å². The van der Waals surface area contributed by atoms with E-state index in [1.807, 2.05) is 6.92 Å². The Kier molecular flexibility index (Phi) is 3.23. The summed E-state index contributed by atoms with van der Waals surface area (Å²) in [5.74, 6) is 0.0526. The van der Waals surface area contributed by atoms with Crippen molar-refractivity contribution < 1.29 is 14.1 Å². The lowest BCUT2D eigenvalue weighted by atomic mass is 10.2. The number of aromatic nitrogens is 2. The monoisotopic (exact) mass is 252 g/mol. The van der Waals surface area contributed by atoms with Crippen LogP contribution in [0.4, 0.5) is 0 Å². The van der Waals surface area contributed by atoms with E-state index in [-0.39, 0.29) is 0 Å². The Morgan fingerprint density at radius 3 is 2.88 bits per heavy atom. The molecule has 0 saturated carbocycles. The van der Waals surface area contributed by atoms with Crippen molar-refractivity contribution in [1.82, 2.24) is 10.1 Å². The predicted octanol–water partition coefficient (Wildman–Crippen LogP) is 2.59. The number of rotatable bonds is 3. The molecular formula is C11H12N2O3S. The van der Waals surface area contributed by atoms with Crippen molar-refractivity contribution in [3.05, 3.63) is 22.5 Å². The zero-order valence-electron chi connectivity index (χ0n) is 9.81. The van der Waals surface area contributed by atoms with Gasteiger partial charge in [0.05, 0.1) is 16.5 Å². The number of carbonyl (C=O) groups is 1. The molecule has 2 rings (SSSR count). The molecule has 0 aromatic carbocycles. The average Bonchev–Trinajstić information content (AvgIpc) is 2.85. The molecule has 0 radical (unpaired) electrons. The van der Waals surface area contributed by atoms with E-state index in [1.165, 1.54) is 11.3 Å². The molecule has 2 aromatic heterocycles. The topological polar surface area (TPSA) is 65.2 Å². The minimum atomic E-state index is -0.410. The zero-order chi connectivity index (χ0) is 12.4. The highest BCUT2D eigenvalue weighted by Gasteiger charge is 2.23. The van der Waals surface area contributed by atoms with Crippen LogP contribution < -0.4 is 0 Å². The average molecular weight is 252 g/mol. The second kappa shape index (κ2) is 4.67. The molecule has 2 aromatic rings. The molecule has 0 aliphatic carbocycles. The molecule has 0 N–H and O–H groups in total. The fourth-order valence-corrected chi connectivity index (χ4v) is 2.22. The van der Waals surface area contributed by atoms with E-state index in [9.17, 15) is 4.79 Å². The van der Waals surface area contributed by atoms with E-state index in [2.05, 4.69) is 10.1 Å². The van der Waals surface area contributed by atoms with Crippen LogP contribution in [0.5, 0.6) is 0 Å². The summed E-state index contributed by atoms with van der Waals surface area (Å²) in [5, 5.41) is 4.81. The van der Waals surface area contributed by atoms with E-state index in [4.69, 9.17) is 9.26 Å². The van der Waals surface area contributed by atoms with Gasteiger partial charge in [-0.25, -0.2) is 9.78 Å². The minimum Gasteiger partial charge on any atom is -0.462 e. The van der Waals surface area contributed by atoms with Crippen molar-refractivity contribution in [2.75, 3.05) is 6.61 Å². The smallest absolute Gasteiger partial charge is 0.344 e. The first kappa shape index (κ1) is 11.8. The summed E-state index contributed by atoms with van der Waals surface area (Å²) < 4.78 is 10.0. The van der Waals surface area contributed by atoms with Crippen LogP contribution in [0.3, 0.4) is 0 Å². The molecule has 0 spiro atoms. The van der Waals surface area contributed by atoms with Gasteiger partial charge in [0.2, 0.25) is 0 Å². The van der Waals surface area contributed by atoms with Crippen molar-refractivity contribution in [3.63, 3.8) is 0 Å². The SMILES string of the molecule is CCOC(=O)c1c(-c2cnc(C)s2)noc1C. The highest BCUT2D eigenvalue weighted by Crippen LogP contribution is 2.30. The number of esters is 1. The van der Waals surface area contributed by atoms with Gasteiger partial charge in [-0.1, -0.05) is 5.16 Å². The van der Waals surface area contributed by atoms with Gasteiger partial charge < -0.3 is 9.26 Å². The van der Waals surface area contributed by atoms with Gasteiger partial charge in [0.1, 0.15) is 17.0 Å². The summed E-state index contributed by atoms with van der Waals surface area (Å²) in [7, 11) is 0. The van der Waals surface area contributed by atoms with E-state index in [1.54, 1.807) is 20.0 Å². The van der Waals surface area contributed by atoms with Crippen molar-refractivity contribution in [2.24, 2.45) is 0 Å². The molecule has 0 fully saturated rings. The Bertz CT molecular complexity index is 545. The fourth-order valence-electron chi connectivity index (χ4n) is 1.45. The van der Waals surface area contributed by atoms with Crippen molar-refractivity contribution in [2.45, 2.75) is 20.8 Å². The van der Waals surface area contributed by atoms with Gasteiger partial charge in [0.15, 0.2) is 0 Å². The van der Waals surface area contributed by atoms with Crippen LogP contribution >= 0.6 is 11.3 Å². The quantitative estimate of drug-likeness (QED) is 0.785. The van der Waals surface area contributed by atoms with Gasteiger partial charge in [-0.05, 0) is 20.8 Å². The van der Waals surface area contributed by atoms with Gasteiger partial charge in [0, 0.05) is 6.20 Å². The lowest BCUT2D eigenvalue weighted by Gasteiger charge is -2.00. The molecule has 0 aliphatic rings. The molecule has 2 heterocycles. The summed E-state index contributed by atoms with van der Waals surface area (Å²) in [4.78, 5) is 16.7. The Morgan fingerprint density at radius 2 is 2.29 bits per heavy atom. The lowest BCUT2D eigenvalue weighted by molar-refractivity contribution is 0.0525. The Balaban J connectivity index is 2.45. The number of hydrogen-bond acceptors (Lipinski definition) is 6. The summed E-state index contributed by atoms with van der Waals surface area (Å²) in [6.45, 7) is 5.67. The lowest BCUT2D eigenvalue weighted by Crippen LogP contribution is -2.06. The van der Waals surface area contributed by atoms with E-state index >= 15 is 0 Å². The third-order valence-electron chi connectivity index (χ3n) is 2.20. The summed E-state index contributed by atoms with van der Waals surface area (Å²) in [6.07, 6.45) is 1.68. The molecule has 0 unspecified atom stereocenters. The summed E-state index contributed by atoms with van der Waals surface area (Å²) in [5.41, 5.74) is 0.891. The molecule has 90 valence electrons. The number of nitrogens with zero attached hydrogens (tertiary/aromatic N) is 2. The highest BCUT2D eigenvalue weighted by atomic mass is 32.1. The number of carbonyl (C=O) groups excluding carboxylic acids is 1. The van der Waals surface area contributed by atoms with Crippen molar-refractivity contribution in [3.8, 4) is 10.6 Å². The summed E-state index contributed by atoms with van der Waals surface area (Å²) >= 11 is 1.46. The standard InChI is InChI=1S/C11H12N2O3S/c1-4-15-11(14)9-6(2)16-13-10(9)8-5-12-7(3)17-8/h5H,4H2,1-3H3. The van der Waals surface area contributed by atoms with Gasteiger partial charge in [-0.2, -0.15) is 0 Å². The van der Waals surface area contributed by atoms with Crippen LogP contribution in [0.2, 0.25) is 0 Å². The molecule has 0 bridgehead atoms. The van der Waals surface area contributed by atoms with Gasteiger partial charge in [0.25, 0.3) is 0 Å². The Morgan fingerprint density at radius 1 is 1.53 bits per heavy atom. The second-order valence-electron chi connectivity index (χ2n) is 3.43. The Labute approximate surface area is 102 Å². The molecular weight excluding hydrogens is 240 g/mol. The molecule has 0 atom stereocenters. The Hall–Kier alpha value is -1.69. The first-order valence-corrected chi connectivity index (χ1v) is 6.01.